The van der Waals surface area contributed by atoms with Crippen molar-refractivity contribution in [1.82, 2.24) is 20.5 Å². The van der Waals surface area contributed by atoms with Crippen LogP contribution >= 0.6 is 0 Å². The first-order chi connectivity index (χ1) is 33.8. The molecule has 3 saturated heterocycles. The highest BCUT2D eigenvalue weighted by molar-refractivity contribution is 5.94. The van der Waals surface area contributed by atoms with Crippen molar-refractivity contribution in [1.29, 1.82) is 0 Å². The molecule has 5 rings (SSSR count). The molecule has 20 nitrogen and oxygen atoms in total. The average molecular weight is 1020 g/mol. The van der Waals surface area contributed by atoms with Crippen LogP contribution in [0.15, 0.2) is 36.5 Å². The Morgan fingerprint density at radius 1 is 0.931 bits per heavy atom. The second kappa shape index (κ2) is 25.1. The number of cyclic esters (lactones) is 1. The van der Waals surface area contributed by atoms with Crippen LogP contribution in [0.2, 0.25) is 0 Å². The number of rotatable bonds is 15. The molecule has 72 heavy (non-hydrogen) atoms. The second-order valence-corrected chi connectivity index (χ2v) is 21.1. The summed E-state index contributed by atoms with van der Waals surface area (Å²) in [6.45, 7) is 17.1. The third-order valence-electron chi connectivity index (χ3n) is 15.0. The van der Waals surface area contributed by atoms with Crippen LogP contribution in [-0.4, -0.2) is 181 Å². The maximum Gasteiger partial charge on any atom is 0.311 e. The summed E-state index contributed by atoms with van der Waals surface area (Å²) in [6, 6.07) is 8.30. The average Bonchev–Trinajstić information content (AvgIpc) is 3.33. The van der Waals surface area contributed by atoms with E-state index in [2.05, 4.69) is 20.9 Å². The van der Waals surface area contributed by atoms with Gasteiger partial charge in [-0.1, -0.05) is 32.9 Å². The van der Waals surface area contributed by atoms with Crippen molar-refractivity contribution in [2.24, 2.45) is 17.8 Å². The van der Waals surface area contributed by atoms with E-state index in [1.54, 1.807) is 52.9 Å². The van der Waals surface area contributed by atoms with Gasteiger partial charge in [0, 0.05) is 62.5 Å². The third-order valence-corrected chi connectivity index (χ3v) is 15.0. The molecular formula is C52H83N5O15. The molecule has 4 heterocycles. The molecule has 18 atom stereocenters. The van der Waals surface area contributed by atoms with E-state index in [1.165, 1.54) is 28.1 Å². The highest BCUT2D eigenvalue weighted by Gasteiger charge is 2.54. The molecule has 0 spiro atoms. The second-order valence-electron chi connectivity index (χ2n) is 21.1. The van der Waals surface area contributed by atoms with Gasteiger partial charge in [0.2, 0.25) is 11.8 Å². The molecule has 1 aromatic carbocycles. The largest absolute Gasteiger partial charge is 0.459 e. The molecule has 0 saturated carbocycles. The molecule has 2 aromatic rings. The molecule has 6 N–H and O–H groups in total. The Hall–Kier alpha value is -3.93. The number of aliphatic hydroxyl groups excluding tert-OH is 2. The summed E-state index contributed by atoms with van der Waals surface area (Å²) in [5, 5.41) is 44.8. The molecule has 0 bridgehead atoms. The van der Waals surface area contributed by atoms with Crippen molar-refractivity contribution in [3.63, 3.8) is 0 Å². The summed E-state index contributed by atoms with van der Waals surface area (Å²) in [7, 11) is 6.74. The summed E-state index contributed by atoms with van der Waals surface area (Å²) in [5.74, 6) is -5.20. The van der Waals surface area contributed by atoms with E-state index in [0.29, 0.717) is 12.1 Å². The van der Waals surface area contributed by atoms with E-state index >= 15 is 0 Å². The number of hydrogen-bond acceptors (Lipinski definition) is 18. The molecule has 0 aliphatic carbocycles. The topological polar surface area (TPSA) is 255 Å². The lowest BCUT2D eigenvalue weighted by molar-refractivity contribution is -0.320. The number of nitrogens with zero attached hydrogens (tertiary/aromatic N) is 2. The predicted molar refractivity (Wildman–Crippen MR) is 266 cm³/mol. The molecule has 3 aliphatic heterocycles. The van der Waals surface area contributed by atoms with Gasteiger partial charge in [-0.05, 0) is 100 Å². The lowest BCUT2D eigenvalue weighted by atomic mass is 9.78. The Kier molecular flexibility index (Phi) is 20.5. The molecule has 1 aromatic heterocycles. The number of ether oxygens (including phenoxy) is 8. The zero-order chi connectivity index (χ0) is 53.5. The van der Waals surface area contributed by atoms with Crippen LogP contribution in [0.25, 0.3) is 10.9 Å². The Bertz CT molecular complexity index is 2130. The summed E-state index contributed by atoms with van der Waals surface area (Å²) >= 11 is 0. The minimum atomic E-state index is -2.05. The Morgan fingerprint density at radius 2 is 1.61 bits per heavy atom. The van der Waals surface area contributed by atoms with E-state index in [4.69, 9.17) is 37.9 Å². The number of anilines is 1. The zero-order valence-electron chi connectivity index (χ0n) is 44.7. The fourth-order valence-electron chi connectivity index (χ4n) is 10.6. The van der Waals surface area contributed by atoms with E-state index < -0.39 is 114 Å². The van der Waals surface area contributed by atoms with Crippen molar-refractivity contribution in [2.75, 3.05) is 46.7 Å². The van der Waals surface area contributed by atoms with Gasteiger partial charge in [0.05, 0.1) is 66.4 Å². The lowest BCUT2D eigenvalue weighted by Crippen LogP contribution is -2.61. The number of aliphatic hydroxyl groups is 3. The third kappa shape index (κ3) is 14.1. The van der Waals surface area contributed by atoms with E-state index in [-0.39, 0.29) is 56.8 Å². The number of hydrogen-bond donors (Lipinski definition) is 6. The van der Waals surface area contributed by atoms with Crippen LogP contribution < -0.4 is 16.0 Å². The number of amides is 2. The number of aromatic nitrogens is 1. The Labute approximate surface area is 424 Å². The molecule has 3 fully saturated rings. The van der Waals surface area contributed by atoms with Gasteiger partial charge in [-0.15, -0.1) is 0 Å². The molecule has 406 valence electrons. The normalized spacial score (nSPS) is 38.6. The van der Waals surface area contributed by atoms with Crippen molar-refractivity contribution >= 4 is 40.3 Å². The summed E-state index contributed by atoms with van der Waals surface area (Å²) in [6.07, 6.45) is -7.96. The first-order valence-electron chi connectivity index (χ1n) is 25.3. The van der Waals surface area contributed by atoms with Crippen LogP contribution in [0.5, 0.6) is 0 Å². The number of pyridine rings is 1. The summed E-state index contributed by atoms with van der Waals surface area (Å²) < 4.78 is 51.2. The number of esters is 2. The number of likely N-dealkylation sites (N-methyl/N-ethyl adjacent to an activating group) is 1. The van der Waals surface area contributed by atoms with Crippen LogP contribution in [0.3, 0.4) is 0 Å². The number of carbonyl (C=O) groups is 4. The Balaban J connectivity index is 1.39. The van der Waals surface area contributed by atoms with Crippen LogP contribution in [0.4, 0.5) is 5.69 Å². The number of methoxy groups -OCH3 is 2. The van der Waals surface area contributed by atoms with Crippen LogP contribution in [0, 0.1) is 17.8 Å². The van der Waals surface area contributed by atoms with Gasteiger partial charge in [0.1, 0.15) is 23.4 Å². The number of carbonyl (C=O) groups excluding carboxylic acids is 4. The van der Waals surface area contributed by atoms with E-state index in [9.17, 15) is 34.5 Å². The molecule has 2 amide bonds. The quantitative estimate of drug-likeness (QED) is 0.110. The van der Waals surface area contributed by atoms with Gasteiger partial charge in [0.25, 0.3) is 0 Å². The van der Waals surface area contributed by atoms with Crippen molar-refractivity contribution in [3.8, 4) is 0 Å². The summed E-state index contributed by atoms with van der Waals surface area (Å²) in [5.41, 5.74) is -3.15. The van der Waals surface area contributed by atoms with Gasteiger partial charge in [-0.2, -0.15) is 0 Å². The number of fused-ring (bicyclic) bond motifs is 1. The van der Waals surface area contributed by atoms with Crippen LogP contribution in [-0.2, 0) is 57.1 Å². The highest BCUT2D eigenvalue weighted by atomic mass is 16.7. The smallest absolute Gasteiger partial charge is 0.311 e. The van der Waals surface area contributed by atoms with E-state index in [1.807, 2.05) is 58.0 Å². The van der Waals surface area contributed by atoms with Gasteiger partial charge in [-0.25, -0.2) is 0 Å². The molecule has 20 heteroatoms. The van der Waals surface area contributed by atoms with Crippen LogP contribution in [0.1, 0.15) is 101 Å². The Morgan fingerprint density at radius 3 is 2.26 bits per heavy atom. The first-order valence-corrected chi connectivity index (χ1v) is 25.3. The van der Waals surface area contributed by atoms with Crippen molar-refractivity contribution in [3.05, 3.63) is 36.5 Å². The summed E-state index contributed by atoms with van der Waals surface area (Å²) in [4.78, 5) is 60.6. The van der Waals surface area contributed by atoms with Gasteiger partial charge in [-0.3, -0.25) is 24.2 Å². The van der Waals surface area contributed by atoms with Crippen molar-refractivity contribution in [2.45, 2.75) is 192 Å². The highest BCUT2D eigenvalue weighted by Crippen LogP contribution is 2.41. The lowest BCUT2D eigenvalue weighted by Gasteiger charge is -2.50. The standard InChI is InChI=1S/C52H83N5O15/c1-15-38-52(10,64)44(61)32(6)47(62)55-28(2)25-50(8,65-13)45(72-49-42(60)37(57(11)12)23-29(3)67-49)30(4)43(31(5)48(63)69-38)71-41-26-51(9,66-14)46(33(7)68-41)70-40(59)20-22-53-27-39(58)56-35-19-18-34-17-16-21-54-36(34)24-35/h16-19,21,24,28-33,37-38,41-46,49,53,60-61,64H,15,20,22-23,25-27H2,1-14H3,(H,55,62)(H,56,58)/t28-,29-,30+,31-,32-,33+,37+,38-,41+,42-,43+,44-,45-,46+,49+,50-,51-,52-/m1/s1. The monoisotopic (exact) mass is 1020 g/mol. The molecule has 3 aliphatic rings. The zero-order valence-corrected chi connectivity index (χ0v) is 44.7. The van der Waals surface area contributed by atoms with Gasteiger partial charge >= 0.3 is 11.9 Å². The SMILES string of the molecule is CC[C@H]1OC(=O)[C@H](C)[C@@H](O[C@H]2C[C@@](C)(OC)[C@@H](OC(=O)CCNCC(=O)Nc3ccc4cccnc4c3)[C@H](C)O2)[C@H](C)[C@@H](O[C@@H]2O[C@H](C)C[C@H](N(C)C)[C@H]2O)[C@](C)(OC)C[C@@H](C)NC(=O)[C@H](C)[C@@H](O)[C@]1(C)O. The minimum absolute atomic E-state index is 0.0263. The van der Waals surface area contributed by atoms with Gasteiger partial charge in [0.15, 0.2) is 18.7 Å². The fraction of sp³-hybridized carbons (Fsp3) is 0.750. The minimum Gasteiger partial charge on any atom is -0.459 e. The number of nitrogens with one attached hydrogen (secondary N) is 3. The number of benzene rings is 1. The van der Waals surface area contributed by atoms with E-state index in [0.717, 1.165) is 10.9 Å². The van der Waals surface area contributed by atoms with Crippen molar-refractivity contribution < 1.29 is 72.4 Å². The van der Waals surface area contributed by atoms with Gasteiger partial charge < -0.3 is 74.1 Å². The molecule has 0 unspecified atom stereocenters. The molecular weight excluding hydrogens is 935 g/mol. The maximum atomic E-state index is 14.6. The fourth-order valence-corrected chi connectivity index (χ4v) is 10.6. The first kappa shape index (κ1) is 59.0. The maximum absolute atomic E-state index is 14.6. The predicted octanol–water partition coefficient (Wildman–Crippen LogP) is 3.46. The molecule has 0 radical (unpaired) electrons.